The zero-order valence-corrected chi connectivity index (χ0v) is 17.0. The van der Waals surface area contributed by atoms with Gasteiger partial charge in [-0.3, -0.25) is 14.7 Å². The topological polar surface area (TPSA) is 71.2 Å². The van der Waals surface area contributed by atoms with Crippen LogP contribution in [0.25, 0.3) is 0 Å². The molecule has 1 amide bonds. The highest BCUT2D eigenvalue weighted by molar-refractivity contribution is 5.81. The summed E-state index contributed by atoms with van der Waals surface area (Å²) in [7, 11) is 0. The second-order valence-electron chi connectivity index (χ2n) is 9.57. The number of primary amides is 1. The van der Waals surface area contributed by atoms with Gasteiger partial charge in [-0.15, -0.1) is 0 Å². The molecule has 0 saturated carbocycles. The zero-order chi connectivity index (χ0) is 21.1. The van der Waals surface area contributed by atoms with Gasteiger partial charge >= 0.3 is 6.18 Å². The van der Waals surface area contributed by atoms with Crippen LogP contribution in [0.5, 0.6) is 0 Å². The SMILES string of the molecule is CC(C)N1C(C(N)=O)CC2(CNc3cc(C(F)(F)F)ncc32)C1CC(C)(C)C. The number of pyridine rings is 1. The van der Waals surface area contributed by atoms with Gasteiger partial charge in [0.2, 0.25) is 5.91 Å². The summed E-state index contributed by atoms with van der Waals surface area (Å²) in [5.74, 6) is -0.391. The molecule has 5 nitrogen and oxygen atoms in total. The molecule has 1 aromatic heterocycles. The Morgan fingerprint density at radius 2 is 2.04 bits per heavy atom. The maximum Gasteiger partial charge on any atom is 0.433 e. The van der Waals surface area contributed by atoms with Crippen molar-refractivity contribution in [2.75, 3.05) is 11.9 Å². The highest BCUT2D eigenvalue weighted by Crippen LogP contribution is 2.53. The van der Waals surface area contributed by atoms with Crippen LogP contribution in [0.2, 0.25) is 0 Å². The Kier molecular flexibility index (Phi) is 4.93. The molecule has 1 spiro atoms. The van der Waals surface area contributed by atoms with Gasteiger partial charge in [0, 0.05) is 41.5 Å². The van der Waals surface area contributed by atoms with E-state index in [1.807, 2.05) is 13.8 Å². The first-order valence-corrected chi connectivity index (χ1v) is 9.64. The molecule has 2 aliphatic rings. The lowest BCUT2D eigenvalue weighted by molar-refractivity contribution is -0.141. The first-order valence-electron chi connectivity index (χ1n) is 9.64. The van der Waals surface area contributed by atoms with Gasteiger partial charge in [-0.2, -0.15) is 13.2 Å². The van der Waals surface area contributed by atoms with Crippen LogP contribution in [-0.4, -0.2) is 40.5 Å². The summed E-state index contributed by atoms with van der Waals surface area (Å²) < 4.78 is 39.3. The van der Waals surface area contributed by atoms with Gasteiger partial charge in [-0.1, -0.05) is 20.8 Å². The molecule has 3 heterocycles. The minimum Gasteiger partial charge on any atom is -0.384 e. The predicted molar refractivity (Wildman–Crippen MR) is 102 cm³/mol. The van der Waals surface area contributed by atoms with Gasteiger partial charge in [0.1, 0.15) is 5.69 Å². The van der Waals surface area contributed by atoms with Crippen molar-refractivity contribution in [3.63, 3.8) is 0 Å². The molecule has 1 saturated heterocycles. The van der Waals surface area contributed by atoms with Gasteiger partial charge in [0.15, 0.2) is 0 Å². The van der Waals surface area contributed by atoms with Crippen molar-refractivity contribution in [3.8, 4) is 0 Å². The fourth-order valence-electron chi connectivity index (χ4n) is 4.92. The maximum atomic E-state index is 13.1. The van der Waals surface area contributed by atoms with Crippen LogP contribution in [0.4, 0.5) is 18.9 Å². The molecule has 1 fully saturated rings. The van der Waals surface area contributed by atoms with Gasteiger partial charge in [-0.25, -0.2) is 0 Å². The number of likely N-dealkylation sites (tertiary alicyclic amines) is 1. The summed E-state index contributed by atoms with van der Waals surface area (Å²) in [6.07, 6.45) is -1.88. The van der Waals surface area contributed by atoms with Crippen molar-refractivity contribution in [1.29, 1.82) is 0 Å². The number of rotatable bonds is 3. The molecule has 0 radical (unpaired) electrons. The van der Waals surface area contributed by atoms with Crippen LogP contribution < -0.4 is 11.1 Å². The van der Waals surface area contributed by atoms with Gasteiger partial charge in [0.25, 0.3) is 0 Å². The Morgan fingerprint density at radius 1 is 1.39 bits per heavy atom. The first-order chi connectivity index (χ1) is 12.8. The lowest BCUT2D eigenvalue weighted by Gasteiger charge is -2.41. The van der Waals surface area contributed by atoms with Crippen molar-refractivity contribution in [3.05, 3.63) is 23.5 Å². The lowest BCUT2D eigenvalue weighted by atomic mass is 9.70. The second kappa shape index (κ2) is 6.61. The number of carbonyl (C=O) groups excluding carboxylic acids is 1. The number of fused-ring (bicyclic) bond motifs is 2. The molecule has 0 aromatic carbocycles. The quantitative estimate of drug-likeness (QED) is 0.817. The van der Waals surface area contributed by atoms with E-state index in [0.29, 0.717) is 18.7 Å². The van der Waals surface area contributed by atoms with E-state index in [1.165, 1.54) is 6.20 Å². The number of nitrogens with one attached hydrogen (secondary N) is 1. The van der Waals surface area contributed by atoms with Crippen molar-refractivity contribution in [2.45, 2.75) is 77.2 Å². The molecule has 156 valence electrons. The molecular formula is C20H29F3N4O. The lowest BCUT2D eigenvalue weighted by Crippen LogP contribution is -2.51. The van der Waals surface area contributed by atoms with E-state index in [-0.39, 0.29) is 17.5 Å². The third-order valence-electron chi connectivity index (χ3n) is 5.97. The van der Waals surface area contributed by atoms with Crippen molar-refractivity contribution >= 4 is 11.6 Å². The average Bonchev–Trinajstić information content (AvgIpc) is 3.05. The largest absolute Gasteiger partial charge is 0.433 e. The Hall–Kier alpha value is -1.83. The number of hydrogen-bond acceptors (Lipinski definition) is 4. The van der Waals surface area contributed by atoms with E-state index in [0.717, 1.165) is 18.1 Å². The highest BCUT2D eigenvalue weighted by atomic mass is 19.4. The number of hydrogen-bond donors (Lipinski definition) is 2. The molecule has 0 aliphatic carbocycles. The monoisotopic (exact) mass is 398 g/mol. The summed E-state index contributed by atoms with van der Waals surface area (Å²) in [6.45, 7) is 10.9. The number of anilines is 1. The molecule has 2 aliphatic heterocycles. The van der Waals surface area contributed by atoms with Gasteiger partial charge in [-0.05, 0) is 38.2 Å². The van der Waals surface area contributed by atoms with Crippen molar-refractivity contribution in [2.24, 2.45) is 11.1 Å². The minimum atomic E-state index is -4.49. The van der Waals surface area contributed by atoms with Crippen LogP contribution in [0.3, 0.4) is 0 Å². The smallest absolute Gasteiger partial charge is 0.384 e. The van der Waals surface area contributed by atoms with E-state index in [2.05, 4.69) is 36.0 Å². The van der Waals surface area contributed by atoms with E-state index in [1.54, 1.807) is 0 Å². The molecule has 3 atom stereocenters. The van der Waals surface area contributed by atoms with Crippen LogP contribution in [0.15, 0.2) is 12.3 Å². The van der Waals surface area contributed by atoms with Crippen molar-refractivity contribution < 1.29 is 18.0 Å². The summed E-state index contributed by atoms with van der Waals surface area (Å²) >= 11 is 0. The molecule has 3 N–H and O–H groups in total. The van der Waals surface area contributed by atoms with Crippen LogP contribution in [0.1, 0.15) is 58.7 Å². The molecule has 0 bridgehead atoms. The molecule has 8 heteroatoms. The number of aromatic nitrogens is 1. The number of amides is 1. The molecule has 3 rings (SSSR count). The van der Waals surface area contributed by atoms with Crippen molar-refractivity contribution in [1.82, 2.24) is 9.88 Å². The number of halogens is 3. The Labute approximate surface area is 163 Å². The summed E-state index contributed by atoms with van der Waals surface area (Å²) in [4.78, 5) is 18.1. The maximum absolute atomic E-state index is 13.1. The Balaban J connectivity index is 2.12. The summed E-state index contributed by atoms with van der Waals surface area (Å²) in [5, 5.41) is 3.16. The fourth-order valence-corrected chi connectivity index (χ4v) is 4.92. The standard InChI is InChI=1S/C20H29F3N4O/c1-11(2)27-14(17(24)28)7-19(16(27)8-18(3,4)5)10-26-13-6-15(20(21,22)23)25-9-12(13)19/h6,9,11,14,16,26H,7-8,10H2,1-5H3,(H2,24,28). The second-order valence-corrected chi connectivity index (χ2v) is 9.57. The van der Waals surface area contributed by atoms with Gasteiger partial charge < -0.3 is 11.1 Å². The van der Waals surface area contributed by atoms with E-state index in [4.69, 9.17) is 5.73 Å². The number of nitrogens with zero attached hydrogens (tertiary/aromatic N) is 2. The minimum absolute atomic E-state index is 0.0283. The fraction of sp³-hybridized carbons (Fsp3) is 0.700. The van der Waals surface area contributed by atoms with Gasteiger partial charge in [0.05, 0.1) is 6.04 Å². The summed E-state index contributed by atoms with van der Waals surface area (Å²) in [5.41, 5.74) is 5.51. The third kappa shape index (κ3) is 3.47. The Bertz CT molecular complexity index is 772. The van der Waals surface area contributed by atoms with Crippen LogP contribution in [0, 0.1) is 5.41 Å². The van der Waals surface area contributed by atoms with Crippen LogP contribution >= 0.6 is 0 Å². The molecule has 1 aromatic rings. The molecule has 28 heavy (non-hydrogen) atoms. The normalized spacial score (nSPS) is 28.0. The van der Waals surface area contributed by atoms with Crippen LogP contribution in [-0.2, 0) is 16.4 Å². The van der Waals surface area contributed by atoms with E-state index in [9.17, 15) is 18.0 Å². The first kappa shape index (κ1) is 20.9. The number of carbonyl (C=O) groups is 1. The highest BCUT2D eigenvalue weighted by Gasteiger charge is 2.58. The number of alkyl halides is 3. The Morgan fingerprint density at radius 3 is 2.54 bits per heavy atom. The summed E-state index contributed by atoms with van der Waals surface area (Å²) in [6, 6.07) is 0.672. The third-order valence-corrected chi connectivity index (χ3v) is 5.97. The number of nitrogens with two attached hydrogens (primary N) is 1. The predicted octanol–water partition coefficient (Wildman–Crippen LogP) is 3.54. The van der Waals surface area contributed by atoms with E-state index >= 15 is 0 Å². The average molecular weight is 398 g/mol. The van der Waals surface area contributed by atoms with E-state index < -0.39 is 29.2 Å². The zero-order valence-electron chi connectivity index (χ0n) is 17.0. The molecular weight excluding hydrogens is 369 g/mol. The molecule has 3 unspecified atom stereocenters.